The van der Waals surface area contributed by atoms with Crippen molar-refractivity contribution >= 4 is 11.6 Å². The van der Waals surface area contributed by atoms with Gasteiger partial charge in [-0.15, -0.1) is 11.6 Å². The number of halogens is 1. The minimum absolute atomic E-state index is 0.0822. The molecule has 1 heterocycles. The van der Waals surface area contributed by atoms with Gasteiger partial charge in [-0.2, -0.15) is 0 Å². The third-order valence-corrected chi connectivity index (χ3v) is 2.68. The molecule has 2 atom stereocenters. The van der Waals surface area contributed by atoms with Gasteiger partial charge in [-0.05, 0) is 19.3 Å². The van der Waals surface area contributed by atoms with Crippen LogP contribution >= 0.6 is 11.6 Å². The lowest BCUT2D eigenvalue weighted by Crippen LogP contribution is -2.27. The van der Waals surface area contributed by atoms with E-state index in [1.54, 1.807) is 0 Å². The average Bonchev–Trinajstić information content (AvgIpc) is 2.45. The maximum absolute atomic E-state index is 5.69. The standard InChI is InChI=1S/C10H19ClO2/c1-8(2)4-5-10(3)12-7-9(6-11)13-10/h8-9H,4-7H2,1-3H3. The highest BCUT2D eigenvalue weighted by Gasteiger charge is 2.36. The molecule has 0 radical (unpaired) electrons. The summed E-state index contributed by atoms with van der Waals surface area (Å²) in [5.74, 6) is 0.834. The second-order valence-electron chi connectivity index (χ2n) is 4.27. The quantitative estimate of drug-likeness (QED) is 0.659. The molecule has 0 aliphatic carbocycles. The molecule has 0 aromatic carbocycles. The lowest BCUT2D eigenvalue weighted by Gasteiger charge is -2.23. The Morgan fingerprint density at radius 3 is 2.69 bits per heavy atom. The van der Waals surface area contributed by atoms with Gasteiger partial charge < -0.3 is 9.47 Å². The first-order valence-corrected chi connectivity index (χ1v) is 5.47. The van der Waals surface area contributed by atoms with Gasteiger partial charge in [-0.3, -0.25) is 0 Å². The second kappa shape index (κ2) is 4.63. The van der Waals surface area contributed by atoms with Crippen LogP contribution in [0.15, 0.2) is 0 Å². The predicted octanol–water partition coefficient (Wildman–Crippen LogP) is 2.79. The summed E-state index contributed by atoms with van der Waals surface area (Å²) in [7, 11) is 0. The molecule has 0 amide bonds. The summed E-state index contributed by atoms with van der Waals surface area (Å²) in [5.41, 5.74) is 0. The van der Waals surface area contributed by atoms with Crippen molar-refractivity contribution in [3.05, 3.63) is 0 Å². The first-order valence-electron chi connectivity index (χ1n) is 4.93. The number of alkyl halides is 1. The van der Waals surface area contributed by atoms with E-state index < -0.39 is 0 Å². The van der Waals surface area contributed by atoms with E-state index in [1.165, 1.54) is 0 Å². The molecule has 3 heteroatoms. The largest absolute Gasteiger partial charge is 0.347 e. The van der Waals surface area contributed by atoms with Crippen molar-refractivity contribution in [2.75, 3.05) is 12.5 Å². The summed E-state index contributed by atoms with van der Waals surface area (Å²) in [5, 5.41) is 0. The van der Waals surface area contributed by atoms with Crippen molar-refractivity contribution in [2.45, 2.75) is 45.5 Å². The molecule has 13 heavy (non-hydrogen) atoms. The van der Waals surface area contributed by atoms with Crippen molar-refractivity contribution in [2.24, 2.45) is 5.92 Å². The highest BCUT2D eigenvalue weighted by atomic mass is 35.5. The molecule has 1 saturated heterocycles. The Morgan fingerprint density at radius 1 is 1.54 bits per heavy atom. The van der Waals surface area contributed by atoms with Crippen molar-refractivity contribution < 1.29 is 9.47 Å². The van der Waals surface area contributed by atoms with E-state index in [0.717, 1.165) is 12.8 Å². The van der Waals surface area contributed by atoms with E-state index in [2.05, 4.69) is 13.8 Å². The lowest BCUT2D eigenvalue weighted by atomic mass is 10.0. The van der Waals surface area contributed by atoms with E-state index in [0.29, 0.717) is 18.4 Å². The van der Waals surface area contributed by atoms with Gasteiger partial charge >= 0.3 is 0 Å². The molecule has 2 nitrogen and oxygen atoms in total. The fourth-order valence-corrected chi connectivity index (χ4v) is 1.60. The van der Waals surface area contributed by atoms with Gasteiger partial charge in [0.25, 0.3) is 0 Å². The van der Waals surface area contributed by atoms with Gasteiger partial charge in [-0.1, -0.05) is 13.8 Å². The smallest absolute Gasteiger partial charge is 0.166 e. The molecule has 1 aliphatic rings. The zero-order chi connectivity index (χ0) is 9.90. The van der Waals surface area contributed by atoms with Gasteiger partial charge in [0, 0.05) is 6.42 Å². The Labute approximate surface area is 85.5 Å². The number of rotatable bonds is 4. The fourth-order valence-electron chi connectivity index (χ4n) is 1.45. The van der Waals surface area contributed by atoms with Crippen molar-refractivity contribution in [3.63, 3.8) is 0 Å². The summed E-state index contributed by atoms with van der Waals surface area (Å²) in [6.45, 7) is 7.05. The zero-order valence-corrected chi connectivity index (χ0v) is 9.43. The minimum atomic E-state index is -0.385. The van der Waals surface area contributed by atoms with E-state index >= 15 is 0 Å². The van der Waals surface area contributed by atoms with Crippen molar-refractivity contribution in [1.82, 2.24) is 0 Å². The lowest BCUT2D eigenvalue weighted by molar-refractivity contribution is -0.158. The normalized spacial score (nSPS) is 34.4. The average molecular weight is 207 g/mol. The highest BCUT2D eigenvalue weighted by Crippen LogP contribution is 2.29. The van der Waals surface area contributed by atoms with Crippen LogP contribution in [-0.2, 0) is 9.47 Å². The maximum Gasteiger partial charge on any atom is 0.166 e. The third-order valence-electron chi connectivity index (χ3n) is 2.34. The van der Waals surface area contributed by atoms with Crippen LogP contribution in [0.2, 0.25) is 0 Å². The number of hydrogen-bond donors (Lipinski definition) is 0. The molecular weight excluding hydrogens is 188 g/mol. The first kappa shape index (κ1) is 11.3. The Kier molecular flexibility index (Phi) is 4.02. The highest BCUT2D eigenvalue weighted by molar-refractivity contribution is 6.18. The molecule has 0 bridgehead atoms. The molecule has 2 unspecified atom stereocenters. The molecule has 0 aromatic rings. The third kappa shape index (κ3) is 3.45. The van der Waals surface area contributed by atoms with Crippen LogP contribution in [0.25, 0.3) is 0 Å². The summed E-state index contributed by atoms with van der Waals surface area (Å²) in [6.07, 6.45) is 2.17. The van der Waals surface area contributed by atoms with E-state index in [1.807, 2.05) is 6.92 Å². The minimum Gasteiger partial charge on any atom is -0.347 e. The number of ether oxygens (including phenoxy) is 2. The second-order valence-corrected chi connectivity index (χ2v) is 4.58. The molecule has 0 saturated carbocycles. The predicted molar refractivity (Wildman–Crippen MR) is 54.0 cm³/mol. The van der Waals surface area contributed by atoms with E-state index in [4.69, 9.17) is 21.1 Å². The topological polar surface area (TPSA) is 18.5 Å². The van der Waals surface area contributed by atoms with Gasteiger partial charge in [0.2, 0.25) is 0 Å². The SMILES string of the molecule is CC(C)CCC1(C)OCC(CCl)O1. The molecule has 0 aromatic heterocycles. The van der Waals surface area contributed by atoms with Gasteiger partial charge in [-0.25, -0.2) is 0 Å². The molecular formula is C10H19ClO2. The summed E-state index contributed by atoms with van der Waals surface area (Å²) in [4.78, 5) is 0. The van der Waals surface area contributed by atoms with Crippen molar-refractivity contribution in [1.29, 1.82) is 0 Å². The summed E-state index contributed by atoms with van der Waals surface area (Å²) >= 11 is 5.69. The Balaban J connectivity index is 2.31. The van der Waals surface area contributed by atoms with Gasteiger partial charge in [0.15, 0.2) is 5.79 Å². The van der Waals surface area contributed by atoms with Crippen LogP contribution in [0.3, 0.4) is 0 Å². The Morgan fingerprint density at radius 2 is 2.23 bits per heavy atom. The molecule has 0 N–H and O–H groups in total. The van der Waals surface area contributed by atoms with E-state index in [9.17, 15) is 0 Å². The first-order chi connectivity index (χ1) is 6.06. The summed E-state index contributed by atoms with van der Waals surface area (Å²) < 4.78 is 11.3. The maximum atomic E-state index is 5.69. The Hall–Kier alpha value is 0.210. The van der Waals surface area contributed by atoms with E-state index in [-0.39, 0.29) is 11.9 Å². The fraction of sp³-hybridized carbons (Fsp3) is 1.00. The van der Waals surface area contributed by atoms with Crippen LogP contribution in [0, 0.1) is 5.92 Å². The van der Waals surface area contributed by atoms with Gasteiger partial charge in [0.1, 0.15) is 0 Å². The zero-order valence-electron chi connectivity index (χ0n) is 8.68. The van der Waals surface area contributed by atoms with Crippen molar-refractivity contribution in [3.8, 4) is 0 Å². The molecule has 78 valence electrons. The Bertz CT molecular complexity index is 161. The van der Waals surface area contributed by atoms with Gasteiger partial charge in [0.05, 0.1) is 18.6 Å². The van der Waals surface area contributed by atoms with Crippen LogP contribution in [0.4, 0.5) is 0 Å². The molecule has 1 fully saturated rings. The molecule has 1 rings (SSSR count). The molecule has 0 spiro atoms. The van der Waals surface area contributed by atoms with Crippen LogP contribution < -0.4 is 0 Å². The molecule has 1 aliphatic heterocycles. The summed E-state index contributed by atoms with van der Waals surface area (Å²) in [6, 6.07) is 0. The van der Waals surface area contributed by atoms with Crippen LogP contribution in [0.5, 0.6) is 0 Å². The van der Waals surface area contributed by atoms with Crippen LogP contribution in [0.1, 0.15) is 33.6 Å². The monoisotopic (exact) mass is 206 g/mol. The number of hydrogen-bond acceptors (Lipinski definition) is 2. The van der Waals surface area contributed by atoms with Crippen LogP contribution in [-0.4, -0.2) is 24.4 Å².